The maximum absolute atomic E-state index is 13.3. The Morgan fingerprint density at radius 2 is 1.60 bits per heavy atom. The number of halogens is 2. The number of aliphatic carboxylic acids is 1. The number of nitrogens with zero attached hydrogens (tertiary/aromatic N) is 2. The van der Waals surface area contributed by atoms with E-state index in [9.17, 15) is 27.8 Å². The Morgan fingerprint density at radius 3 is 2.20 bits per heavy atom. The van der Waals surface area contributed by atoms with Gasteiger partial charge in [0, 0.05) is 36.8 Å². The van der Waals surface area contributed by atoms with Crippen LogP contribution < -0.4 is 0 Å². The first-order valence-electron chi connectivity index (χ1n) is 10.9. The summed E-state index contributed by atoms with van der Waals surface area (Å²) >= 11 is 6.07. The zero-order valence-electron chi connectivity index (χ0n) is 18.6. The molecule has 0 saturated carbocycles. The molecule has 0 aliphatic carbocycles. The highest BCUT2D eigenvalue weighted by molar-refractivity contribution is 7.89. The van der Waals surface area contributed by atoms with Crippen molar-refractivity contribution in [1.82, 2.24) is 9.21 Å². The van der Waals surface area contributed by atoms with Gasteiger partial charge in [-0.1, -0.05) is 29.8 Å². The van der Waals surface area contributed by atoms with Crippen LogP contribution in [0.25, 0.3) is 0 Å². The van der Waals surface area contributed by atoms with Gasteiger partial charge >= 0.3 is 5.97 Å². The summed E-state index contributed by atoms with van der Waals surface area (Å²) in [5.74, 6) is -1.48. The molecule has 0 aromatic heterocycles. The van der Waals surface area contributed by atoms with Crippen molar-refractivity contribution >= 4 is 27.6 Å². The van der Waals surface area contributed by atoms with Gasteiger partial charge < -0.3 is 10.2 Å². The third-order valence-electron chi connectivity index (χ3n) is 6.02. The second kappa shape index (κ2) is 10.3. The molecule has 0 bridgehead atoms. The minimum atomic E-state index is -3.78. The van der Waals surface area contributed by atoms with E-state index in [-0.39, 0.29) is 30.2 Å². The Bertz CT molecular complexity index is 1310. The van der Waals surface area contributed by atoms with E-state index in [2.05, 4.69) is 0 Å². The van der Waals surface area contributed by atoms with Crippen molar-refractivity contribution in [2.75, 3.05) is 26.2 Å². The van der Waals surface area contributed by atoms with E-state index in [4.69, 9.17) is 11.6 Å². The lowest BCUT2D eigenvalue weighted by Crippen LogP contribution is -2.49. The minimum Gasteiger partial charge on any atom is -0.508 e. The predicted molar refractivity (Wildman–Crippen MR) is 129 cm³/mol. The molecule has 35 heavy (non-hydrogen) atoms. The van der Waals surface area contributed by atoms with E-state index in [0.29, 0.717) is 29.2 Å². The summed E-state index contributed by atoms with van der Waals surface area (Å²) in [6.07, 6.45) is -0.190. The largest absolute Gasteiger partial charge is 0.508 e. The number of sulfonamides is 1. The lowest BCUT2D eigenvalue weighted by Gasteiger charge is -2.39. The lowest BCUT2D eigenvalue weighted by atomic mass is 9.93. The Labute approximate surface area is 208 Å². The minimum absolute atomic E-state index is 0.0143. The van der Waals surface area contributed by atoms with Gasteiger partial charge in [0.25, 0.3) is 0 Å². The molecule has 3 aromatic rings. The van der Waals surface area contributed by atoms with Crippen LogP contribution in [0, 0.1) is 5.82 Å². The van der Waals surface area contributed by atoms with Gasteiger partial charge in [-0.15, -0.1) is 0 Å². The number of piperazine rings is 1. The number of benzene rings is 3. The monoisotopic (exact) mass is 518 g/mol. The average molecular weight is 519 g/mol. The molecule has 1 heterocycles. The molecule has 1 atom stereocenters. The summed E-state index contributed by atoms with van der Waals surface area (Å²) in [7, 11) is -3.78. The van der Waals surface area contributed by atoms with Gasteiger partial charge in [0.15, 0.2) is 0 Å². The van der Waals surface area contributed by atoms with Crippen molar-refractivity contribution in [3.05, 3.63) is 94.3 Å². The Hall–Kier alpha value is -2.98. The van der Waals surface area contributed by atoms with Gasteiger partial charge in [-0.3, -0.25) is 9.69 Å². The molecule has 1 fully saturated rings. The molecule has 1 unspecified atom stereocenters. The number of carboxylic acid groups (broad SMARTS) is 1. The van der Waals surface area contributed by atoms with Crippen LogP contribution in [0.4, 0.5) is 4.39 Å². The predicted octanol–water partition coefficient (Wildman–Crippen LogP) is 3.91. The summed E-state index contributed by atoms with van der Waals surface area (Å²) in [6, 6.07) is 16.1. The fraction of sp³-hybridized carbons (Fsp3) is 0.240. The number of phenolic OH excluding ortho intramolecular Hbond substituents is 1. The van der Waals surface area contributed by atoms with Crippen LogP contribution in [-0.4, -0.2) is 60.0 Å². The van der Waals surface area contributed by atoms with Crippen LogP contribution in [0.5, 0.6) is 5.75 Å². The fourth-order valence-corrected chi connectivity index (χ4v) is 5.85. The number of carbonyl (C=O) groups is 1. The molecule has 0 amide bonds. The van der Waals surface area contributed by atoms with Gasteiger partial charge in [0.1, 0.15) is 11.6 Å². The Morgan fingerprint density at radius 1 is 0.971 bits per heavy atom. The highest BCUT2D eigenvalue weighted by Crippen LogP contribution is 2.36. The highest BCUT2D eigenvalue weighted by Gasteiger charge is 2.33. The highest BCUT2D eigenvalue weighted by atomic mass is 35.5. The number of rotatable bonds is 7. The quantitative estimate of drug-likeness (QED) is 0.492. The topological polar surface area (TPSA) is 98.2 Å². The zero-order chi connectivity index (χ0) is 25.2. The molecule has 1 aliphatic rings. The standard InChI is InChI=1S/C25H24ClFN2O5S/c26-19-4-2-18(3-5-19)25(22-15-17(16-24(31)32)1-10-23(22)30)28-11-13-29(14-12-28)35(33,34)21-8-6-20(27)7-9-21/h1-10,15,25,30H,11-14,16H2,(H,31,32). The first kappa shape index (κ1) is 25.1. The van der Waals surface area contributed by atoms with Crippen molar-refractivity contribution < 1.29 is 27.8 Å². The van der Waals surface area contributed by atoms with E-state index >= 15 is 0 Å². The average Bonchev–Trinajstić information content (AvgIpc) is 2.83. The summed E-state index contributed by atoms with van der Waals surface area (Å²) < 4.78 is 40.7. The summed E-state index contributed by atoms with van der Waals surface area (Å²) in [5.41, 5.74) is 1.90. The van der Waals surface area contributed by atoms with Crippen molar-refractivity contribution in [3.8, 4) is 5.75 Å². The molecule has 0 radical (unpaired) electrons. The van der Waals surface area contributed by atoms with Gasteiger partial charge in [-0.05, 0) is 59.7 Å². The molecular formula is C25H24ClFN2O5S. The second-order valence-corrected chi connectivity index (χ2v) is 10.7. The number of hydrogen-bond donors (Lipinski definition) is 2. The molecule has 1 aliphatic heterocycles. The third-order valence-corrected chi connectivity index (χ3v) is 8.18. The molecule has 3 aromatic carbocycles. The third kappa shape index (κ3) is 5.65. The molecule has 2 N–H and O–H groups in total. The molecule has 184 valence electrons. The van der Waals surface area contributed by atoms with Gasteiger partial charge in [-0.25, -0.2) is 12.8 Å². The van der Waals surface area contributed by atoms with Gasteiger partial charge in [0.05, 0.1) is 17.4 Å². The fourth-order valence-electron chi connectivity index (χ4n) is 4.30. The smallest absolute Gasteiger partial charge is 0.307 e. The second-order valence-electron chi connectivity index (χ2n) is 8.31. The van der Waals surface area contributed by atoms with Crippen LogP contribution in [0.15, 0.2) is 71.6 Å². The summed E-state index contributed by atoms with van der Waals surface area (Å²) in [6.45, 7) is 1.10. The summed E-state index contributed by atoms with van der Waals surface area (Å²) in [5, 5.41) is 20.5. The van der Waals surface area contributed by atoms with Crippen molar-refractivity contribution in [2.24, 2.45) is 0 Å². The van der Waals surface area contributed by atoms with Gasteiger partial charge in [-0.2, -0.15) is 4.31 Å². The van der Waals surface area contributed by atoms with Gasteiger partial charge in [0.2, 0.25) is 10.0 Å². The van der Waals surface area contributed by atoms with E-state index in [0.717, 1.165) is 17.7 Å². The van der Waals surface area contributed by atoms with Crippen molar-refractivity contribution in [1.29, 1.82) is 0 Å². The number of phenols is 1. The normalized spacial score (nSPS) is 16.2. The molecule has 10 heteroatoms. The van der Waals surface area contributed by atoms with E-state index < -0.39 is 27.9 Å². The maximum Gasteiger partial charge on any atom is 0.307 e. The van der Waals surface area contributed by atoms with Crippen LogP contribution in [0.1, 0.15) is 22.7 Å². The zero-order valence-corrected chi connectivity index (χ0v) is 20.2. The van der Waals surface area contributed by atoms with E-state index in [1.165, 1.54) is 22.5 Å². The number of hydrogen-bond acceptors (Lipinski definition) is 5. The maximum atomic E-state index is 13.3. The van der Waals surface area contributed by atoms with Crippen molar-refractivity contribution in [3.63, 3.8) is 0 Å². The van der Waals surface area contributed by atoms with Crippen molar-refractivity contribution in [2.45, 2.75) is 17.4 Å². The van der Waals surface area contributed by atoms with Crippen LogP contribution in [0.3, 0.4) is 0 Å². The SMILES string of the molecule is O=C(O)Cc1ccc(O)c(C(c2ccc(Cl)cc2)N2CCN(S(=O)(=O)c3ccc(F)cc3)CC2)c1. The molecular weight excluding hydrogens is 495 g/mol. The molecule has 1 saturated heterocycles. The van der Waals surface area contributed by atoms with E-state index in [1.807, 2.05) is 17.0 Å². The molecule has 4 rings (SSSR count). The first-order chi connectivity index (χ1) is 16.6. The molecule has 0 spiro atoms. The van der Waals surface area contributed by atoms with Crippen LogP contribution >= 0.6 is 11.6 Å². The number of carboxylic acids is 1. The van der Waals surface area contributed by atoms with E-state index in [1.54, 1.807) is 24.3 Å². The number of aromatic hydroxyl groups is 1. The Kier molecular flexibility index (Phi) is 7.42. The summed E-state index contributed by atoms with van der Waals surface area (Å²) in [4.78, 5) is 13.3. The first-order valence-corrected chi connectivity index (χ1v) is 12.8. The Balaban J connectivity index is 1.63. The van der Waals surface area contributed by atoms with Crippen LogP contribution in [-0.2, 0) is 21.2 Å². The molecule has 7 nitrogen and oxygen atoms in total. The lowest BCUT2D eigenvalue weighted by molar-refractivity contribution is -0.136. The van der Waals surface area contributed by atoms with Crippen LogP contribution in [0.2, 0.25) is 5.02 Å².